The van der Waals surface area contributed by atoms with Crippen LogP contribution in [0.3, 0.4) is 0 Å². The maximum absolute atomic E-state index is 12.6. The fraction of sp³-hybridized carbons (Fsp3) is 0.625. The lowest BCUT2D eigenvalue weighted by Crippen LogP contribution is -2.34. The number of anilines is 1. The fourth-order valence-corrected chi connectivity index (χ4v) is 1.94. The third kappa shape index (κ3) is 6.12. The predicted molar refractivity (Wildman–Crippen MR) is 86.9 cm³/mol. The number of hydrogen-bond acceptors (Lipinski definition) is 4. The topological polar surface area (TPSA) is 71.2 Å². The van der Waals surface area contributed by atoms with Gasteiger partial charge in [-0.2, -0.15) is 0 Å². The van der Waals surface area contributed by atoms with Gasteiger partial charge in [0, 0.05) is 19.3 Å². The van der Waals surface area contributed by atoms with Crippen LogP contribution in [-0.2, 0) is 0 Å². The Hall–Kier alpha value is -1.62. The molecule has 1 aromatic heterocycles. The average molecular weight is 292 g/mol. The molecule has 0 atom stereocenters. The summed E-state index contributed by atoms with van der Waals surface area (Å²) in [4.78, 5) is 18.7. The minimum atomic E-state index is -0.0200. The molecule has 0 aliphatic rings. The Kier molecular flexibility index (Phi) is 7.15. The number of hydrogen-bond donors (Lipinski definition) is 2. The van der Waals surface area contributed by atoms with Crippen LogP contribution < -0.4 is 11.3 Å². The molecule has 5 heteroatoms. The molecule has 5 nitrogen and oxygen atoms in total. The summed E-state index contributed by atoms with van der Waals surface area (Å²) in [5, 5.41) is 0. The van der Waals surface area contributed by atoms with E-state index in [0.29, 0.717) is 23.2 Å². The van der Waals surface area contributed by atoms with E-state index in [0.717, 1.165) is 25.9 Å². The molecule has 3 N–H and O–H groups in total. The SMILES string of the molecule is CC(C)CCN(CCC(C)C)C(=O)c1cc(NN)ccn1. The molecule has 0 aliphatic heterocycles. The Bertz CT molecular complexity index is 434. The highest BCUT2D eigenvalue weighted by atomic mass is 16.2. The van der Waals surface area contributed by atoms with Gasteiger partial charge in [0.2, 0.25) is 0 Å². The van der Waals surface area contributed by atoms with E-state index in [1.807, 2.05) is 4.90 Å². The van der Waals surface area contributed by atoms with Crippen LogP contribution in [0.1, 0.15) is 51.0 Å². The zero-order valence-electron chi connectivity index (χ0n) is 13.6. The largest absolute Gasteiger partial charge is 0.337 e. The van der Waals surface area contributed by atoms with Crippen LogP contribution in [0.25, 0.3) is 0 Å². The molecule has 1 aromatic rings. The standard InChI is InChI=1S/C16H28N4O/c1-12(2)6-9-20(10-7-13(3)4)16(21)15-11-14(19-17)5-8-18-15/h5,8,11-13H,6-7,9-10,17H2,1-4H3,(H,18,19). The second kappa shape index (κ2) is 8.62. The first-order valence-corrected chi connectivity index (χ1v) is 7.66. The number of amides is 1. The fourth-order valence-electron chi connectivity index (χ4n) is 1.94. The smallest absolute Gasteiger partial charge is 0.272 e. The number of carbonyl (C=O) groups excluding carboxylic acids is 1. The number of hydrazine groups is 1. The molecular weight excluding hydrogens is 264 g/mol. The van der Waals surface area contributed by atoms with Crippen LogP contribution in [0.4, 0.5) is 5.69 Å². The van der Waals surface area contributed by atoms with E-state index in [2.05, 4.69) is 38.1 Å². The summed E-state index contributed by atoms with van der Waals surface area (Å²) in [6.45, 7) is 10.2. The molecule has 0 spiro atoms. The average Bonchev–Trinajstić information content (AvgIpc) is 2.46. The maximum Gasteiger partial charge on any atom is 0.272 e. The summed E-state index contributed by atoms with van der Waals surface area (Å²) in [6, 6.07) is 3.43. The Morgan fingerprint density at radius 2 is 1.81 bits per heavy atom. The van der Waals surface area contributed by atoms with Gasteiger partial charge in [-0.1, -0.05) is 27.7 Å². The molecule has 0 aliphatic carbocycles. The third-order valence-electron chi connectivity index (χ3n) is 3.39. The van der Waals surface area contributed by atoms with Crippen LogP contribution in [-0.4, -0.2) is 28.9 Å². The number of rotatable bonds is 8. The second-order valence-corrected chi connectivity index (χ2v) is 6.23. The lowest BCUT2D eigenvalue weighted by molar-refractivity contribution is 0.0735. The Morgan fingerprint density at radius 1 is 1.24 bits per heavy atom. The van der Waals surface area contributed by atoms with Crippen LogP contribution in [0.5, 0.6) is 0 Å². The van der Waals surface area contributed by atoms with Gasteiger partial charge in [-0.25, -0.2) is 0 Å². The van der Waals surface area contributed by atoms with Crippen molar-refractivity contribution in [1.29, 1.82) is 0 Å². The number of pyridine rings is 1. The van der Waals surface area contributed by atoms with Crippen LogP contribution in [0.15, 0.2) is 18.3 Å². The molecule has 0 saturated carbocycles. The van der Waals surface area contributed by atoms with Gasteiger partial charge in [0.05, 0.1) is 5.69 Å². The van der Waals surface area contributed by atoms with Crippen molar-refractivity contribution in [2.45, 2.75) is 40.5 Å². The summed E-state index contributed by atoms with van der Waals surface area (Å²) in [5.41, 5.74) is 3.69. The number of nitrogen functional groups attached to an aromatic ring is 1. The molecular formula is C16H28N4O. The quantitative estimate of drug-likeness (QED) is 0.571. The third-order valence-corrected chi connectivity index (χ3v) is 3.39. The minimum absolute atomic E-state index is 0.0200. The van der Waals surface area contributed by atoms with Gasteiger partial charge in [-0.05, 0) is 36.8 Å². The van der Waals surface area contributed by atoms with Crippen molar-refractivity contribution in [3.63, 3.8) is 0 Å². The van der Waals surface area contributed by atoms with Crippen LogP contribution >= 0.6 is 0 Å². The lowest BCUT2D eigenvalue weighted by atomic mass is 10.1. The first-order chi connectivity index (χ1) is 9.93. The molecule has 118 valence electrons. The van der Waals surface area contributed by atoms with Crippen molar-refractivity contribution >= 4 is 11.6 Å². The number of nitrogens with two attached hydrogens (primary N) is 1. The molecule has 1 heterocycles. The molecule has 1 amide bonds. The van der Waals surface area contributed by atoms with Crippen molar-refractivity contribution in [2.75, 3.05) is 18.5 Å². The number of nitrogens with one attached hydrogen (secondary N) is 1. The number of aromatic nitrogens is 1. The Labute approximate surface area is 127 Å². The summed E-state index contributed by atoms with van der Waals surface area (Å²) in [7, 11) is 0. The highest BCUT2D eigenvalue weighted by Crippen LogP contribution is 2.12. The molecule has 21 heavy (non-hydrogen) atoms. The van der Waals surface area contributed by atoms with E-state index >= 15 is 0 Å². The second-order valence-electron chi connectivity index (χ2n) is 6.23. The van der Waals surface area contributed by atoms with Gasteiger partial charge in [-0.3, -0.25) is 15.6 Å². The molecule has 0 radical (unpaired) electrons. The van der Waals surface area contributed by atoms with Crippen molar-refractivity contribution in [1.82, 2.24) is 9.88 Å². The molecule has 0 aromatic carbocycles. The number of carbonyl (C=O) groups is 1. The van der Waals surface area contributed by atoms with Gasteiger partial charge in [0.15, 0.2) is 0 Å². The summed E-state index contributed by atoms with van der Waals surface area (Å²) in [6.07, 6.45) is 3.60. The molecule has 0 bridgehead atoms. The monoisotopic (exact) mass is 292 g/mol. The lowest BCUT2D eigenvalue weighted by Gasteiger charge is -2.24. The Balaban J connectivity index is 2.81. The number of nitrogens with zero attached hydrogens (tertiary/aromatic N) is 2. The van der Waals surface area contributed by atoms with E-state index in [1.165, 1.54) is 0 Å². The van der Waals surface area contributed by atoms with E-state index in [-0.39, 0.29) is 5.91 Å². The van der Waals surface area contributed by atoms with E-state index in [9.17, 15) is 4.79 Å². The van der Waals surface area contributed by atoms with Gasteiger partial charge in [0.1, 0.15) is 5.69 Å². The van der Waals surface area contributed by atoms with Crippen LogP contribution in [0, 0.1) is 11.8 Å². The van der Waals surface area contributed by atoms with Gasteiger partial charge >= 0.3 is 0 Å². The van der Waals surface area contributed by atoms with E-state index in [1.54, 1.807) is 18.3 Å². The first kappa shape index (κ1) is 17.4. The van der Waals surface area contributed by atoms with Crippen molar-refractivity contribution in [3.05, 3.63) is 24.0 Å². The normalized spacial score (nSPS) is 11.0. The van der Waals surface area contributed by atoms with Gasteiger partial charge in [0.25, 0.3) is 5.91 Å². The zero-order chi connectivity index (χ0) is 15.8. The van der Waals surface area contributed by atoms with Crippen LogP contribution in [0.2, 0.25) is 0 Å². The predicted octanol–water partition coefficient (Wildman–Crippen LogP) is 2.90. The summed E-state index contributed by atoms with van der Waals surface area (Å²) < 4.78 is 0. The first-order valence-electron chi connectivity index (χ1n) is 7.66. The van der Waals surface area contributed by atoms with Gasteiger partial charge < -0.3 is 10.3 Å². The van der Waals surface area contributed by atoms with Crippen molar-refractivity contribution in [2.24, 2.45) is 17.7 Å². The highest BCUT2D eigenvalue weighted by Gasteiger charge is 2.17. The minimum Gasteiger partial charge on any atom is -0.337 e. The molecule has 1 rings (SSSR count). The van der Waals surface area contributed by atoms with Crippen molar-refractivity contribution in [3.8, 4) is 0 Å². The Morgan fingerprint density at radius 3 is 2.29 bits per heavy atom. The molecule has 0 unspecified atom stereocenters. The van der Waals surface area contributed by atoms with E-state index < -0.39 is 0 Å². The van der Waals surface area contributed by atoms with Gasteiger partial charge in [-0.15, -0.1) is 0 Å². The molecule has 0 saturated heterocycles. The summed E-state index contributed by atoms with van der Waals surface area (Å²) in [5.74, 6) is 6.52. The maximum atomic E-state index is 12.6. The summed E-state index contributed by atoms with van der Waals surface area (Å²) >= 11 is 0. The van der Waals surface area contributed by atoms with E-state index in [4.69, 9.17) is 5.84 Å². The van der Waals surface area contributed by atoms with Crippen molar-refractivity contribution < 1.29 is 4.79 Å². The molecule has 0 fully saturated rings. The highest BCUT2D eigenvalue weighted by molar-refractivity contribution is 5.93. The zero-order valence-corrected chi connectivity index (χ0v) is 13.6.